The third-order valence-corrected chi connectivity index (χ3v) is 7.34. The number of rotatable bonds is 5. The number of carbonyl (C=O) groups excluding carboxylic acids is 1. The van der Waals surface area contributed by atoms with Gasteiger partial charge in [0.1, 0.15) is 0 Å². The molecule has 0 saturated carbocycles. The summed E-state index contributed by atoms with van der Waals surface area (Å²) in [4.78, 5) is 19.8. The van der Waals surface area contributed by atoms with Gasteiger partial charge in [0.15, 0.2) is 0 Å². The molecule has 0 bridgehead atoms. The maximum atomic E-state index is 12.7. The first-order chi connectivity index (χ1) is 16.5. The highest BCUT2D eigenvalue weighted by atomic mass is 35.5. The molecule has 1 amide bonds. The summed E-state index contributed by atoms with van der Waals surface area (Å²) in [6, 6.07) is 13.5. The van der Waals surface area contributed by atoms with Gasteiger partial charge in [-0.25, -0.2) is 4.98 Å². The zero-order chi connectivity index (χ0) is 23.7. The number of halogens is 2. The van der Waals surface area contributed by atoms with E-state index in [1.165, 1.54) is 0 Å². The van der Waals surface area contributed by atoms with Crippen LogP contribution in [0.5, 0.6) is 0 Å². The van der Waals surface area contributed by atoms with E-state index in [4.69, 9.17) is 38.2 Å². The molecule has 2 aliphatic rings. The first-order valence-electron chi connectivity index (χ1n) is 11.5. The molecule has 0 spiro atoms. The van der Waals surface area contributed by atoms with Gasteiger partial charge in [0.05, 0.1) is 51.9 Å². The molecule has 2 fully saturated rings. The molecule has 2 aliphatic heterocycles. The number of anilines is 1. The number of amides is 1. The molecule has 7 nitrogen and oxygen atoms in total. The van der Waals surface area contributed by atoms with Crippen LogP contribution in [0.4, 0.5) is 5.95 Å². The number of piperidine rings is 1. The highest BCUT2D eigenvalue weighted by molar-refractivity contribution is 6.42. The monoisotopic (exact) mass is 497 g/mol. The van der Waals surface area contributed by atoms with Crippen molar-refractivity contribution >= 4 is 46.1 Å². The molecule has 3 heterocycles. The van der Waals surface area contributed by atoms with Crippen LogP contribution in [-0.2, 0) is 16.1 Å². The number of nitriles is 1. The largest absolute Gasteiger partial charge is 0.379 e. The molecule has 1 atom stereocenters. The van der Waals surface area contributed by atoms with Crippen molar-refractivity contribution in [3.8, 4) is 6.07 Å². The average molecular weight is 498 g/mol. The van der Waals surface area contributed by atoms with E-state index in [1.807, 2.05) is 30.3 Å². The predicted octanol–water partition coefficient (Wildman–Crippen LogP) is 4.38. The van der Waals surface area contributed by atoms with Crippen LogP contribution in [0.25, 0.3) is 11.0 Å². The minimum absolute atomic E-state index is 0.00269. The smallest absolute Gasteiger partial charge is 0.223 e. The van der Waals surface area contributed by atoms with E-state index < -0.39 is 0 Å². The van der Waals surface area contributed by atoms with E-state index >= 15 is 0 Å². The highest BCUT2D eigenvalue weighted by Crippen LogP contribution is 2.33. The average Bonchev–Trinajstić information content (AvgIpc) is 3.48. The standard InChI is InChI=1S/C25H25Cl2N5O2/c26-20-11-22-23(12-21(20)27)32(14-17-3-1-16(13-28)2-4-17)25(30-22)31-8-5-18(6-9-31)24(33)29-19-7-10-34-15-19/h1-4,11-12,18-19H,5-10,14-15H2,(H,29,33). The fourth-order valence-electron chi connectivity index (χ4n) is 4.68. The summed E-state index contributed by atoms with van der Waals surface area (Å²) < 4.78 is 7.51. The normalized spacial score (nSPS) is 18.9. The SMILES string of the molecule is N#Cc1ccc(Cn2c(N3CCC(C(=O)NC4CCOC4)CC3)nc3cc(Cl)c(Cl)cc32)cc1. The van der Waals surface area contributed by atoms with Crippen LogP contribution in [0.2, 0.25) is 10.0 Å². The predicted molar refractivity (Wildman–Crippen MR) is 132 cm³/mol. The Hall–Kier alpha value is -2.79. The molecule has 34 heavy (non-hydrogen) atoms. The van der Waals surface area contributed by atoms with Crippen molar-refractivity contribution < 1.29 is 9.53 Å². The zero-order valence-electron chi connectivity index (χ0n) is 18.6. The molecule has 1 aromatic heterocycles. The number of carbonyl (C=O) groups is 1. The molecule has 176 valence electrons. The number of aromatic nitrogens is 2. The first-order valence-corrected chi connectivity index (χ1v) is 12.2. The molecule has 0 radical (unpaired) electrons. The Kier molecular flexibility index (Phi) is 6.64. The fourth-order valence-corrected chi connectivity index (χ4v) is 5.00. The van der Waals surface area contributed by atoms with Crippen molar-refractivity contribution in [3.05, 3.63) is 57.6 Å². The van der Waals surface area contributed by atoms with E-state index in [1.54, 1.807) is 6.07 Å². The molecule has 1 unspecified atom stereocenters. The Morgan fingerprint density at radius 2 is 1.88 bits per heavy atom. The van der Waals surface area contributed by atoms with E-state index in [9.17, 15) is 4.79 Å². The molecule has 9 heteroatoms. The van der Waals surface area contributed by atoms with Crippen molar-refractivity contribution in [1.29, 1.82) is 5.26 Å². The Bertz CT molecular complexity index is 1240. The van der Waals surface area contributed by atoms with Crippen LogP contribution < -0.4 is 10.2 Å². The Labute approximate surface area is 208 Å². The molecule has 1 N–H and O–H groups in total. The van der Waals surface area contributed by atoms with E-state index in [2.05, 4.69) is 20.9 Å². The molecule has 0 aliphatic carbocycles. The number of fused-ring (bicyclic) bond motifs is 1. The van der Waals surface area contributed by atoms with Gasteiger partial charge in [-0.05, 0) is 49.1 Å². The summed E-state index contributed by atoms with van der Waals surface area (Å²) >= 11 is 12.6. The molecular weight excluding hydrogens is 473 g/mol. The van der Waals surface area contributed by atoms with Crippen molar-refractivity contribution in [2.45, 2.75) is 31.8 Å². The second kappa shape index (κ2) is 9.83. The van der Waals surface area contributed by atoms with Crippen LogP contribution in [0.15, 0.2) is 36.4 Å². The van der Waals surface area contributed by atoms with Crippen LogP contribution in [0.3, 0.4) is 0 Å². The number of hydrogen-bond acceptors (Lipinski definition) is 5. The van der Waals surface area contributed by atoms with E-state index in [0.29, 0.717) is 35.4 Å². The van der Waals surface area contributed by atoms with Crippen molar-refractivity contribution in [2.24, 2.45) is 5.92 Å². The number of benzene rings is 2. The number of ether oxygens (including phenoxy) is 1. The number of hydrogen-bond donors (Lipinski definition) is 1. The van der Waals surface area contributed by atoms with Gasteiger partial charge < -0.3 is 19.5 Å². The van der Waals surface area contributed by atoms with Gasteiger partial charge in [-0.2, -0.15) is 5.26 Å². The number of imidazole rings is 1. The van der Waals surface area contributed by atoms with Crippen molar-refractivity contribution in [2.75, 3.05) is 31.2 Å². The van der Waals surface area contributed by atoms with Crippen molar-refractivity contribution in [3.63, 3.8) is 0 Å². The van der Waals surface area contributed by atoms with Gasteiger partial charge in [-0.15, -0.1) is 0 Å². The molecule has 2 aromatic carbocycles. The Balaban J connectivity index is 1.38. The minimum atomic E-state index is -0.00269. The minimum Gasteiger partial charge on any atom is -0.379 e. The third kappa shape index (κ3) is 4.72. The second-order valence-electron chi connectivity index (χ2n) is 8.89. The van der Waals surface area contributed by atoms with Crippen molar-refractivity contribution in [1.82, 2.24) is 14.9 Å². The number of nitrogens with zero attached hydrogens (tertiary/aromatic N) is 4. The van der Waals surface area contributed by atoms with Gasteiger partial charge in [0.25, 0.3) is 0 Å². The summed E-state index contributed by atoms with van der Waals surface area (Å²) in [6.07, 6.45) is 2.41. The van der Waals surface area contributed by atoms with Gasteiger partial charge >= 0.3 is 0 Å². The van der Waals surface area contributed by atoms with Crippen LogP contribution in [0.1, 0.15) is 30.4 Å². The molecular formula is C25H25Cl2N5O2. The second-order valence-corrected chi connectivity index (χ2v) is 9.71. The van der Waals surface area contributed by atoms with Crippen LogP contribution in [-0.4, -0.2) is 47.8 Å². The quantitative estimate of drug-likeness (QED) is 0.565. The zero-order valence-corrected chi connectivity index (χ0v) is 20.1. The lowest BCUT2D eigenvalue weighted by molar-refractivity contribution is -0.126. The fraction of sp³-hybridized carbons (Fsp3) is 0.400. The molecule has 3 aromatic rings. The number of nitrogens with one attached hydrogen (secondary N) is 1. The first kappa shape index (κ1) is 23.0. The third-order valence-electron chi connectivity index (χ3n) is 6.62. The lowest BCUT2D eigenvalue weighted by Crippen LogP contribution is -2.44. The summed E-state index contributed by atoms with van der Waals surface area (Å²) in [5.74, 6) is 0.956. The summed E-state index contributed by atoms with van der Waals surface area (Å²) in [5.41, 5.74) is 3.35. The van der Waals surface area contributed by atoms with Gasteiger partial charge in [0.2, 0.25) is 11.9 Å². The van der Waals surface area contributed by atoms with Gasteiger partial charge in [0, 0.05) is 25.6 Å². The maximum absolute atomic E-state index is 12.7. The lowest BCUT2D eigenvalue weighted by atomic mass is 9.95. The van der Waals surface area contributed by atoms with Crippen LogP contribution >= 0.6 is 23.2 Å². The topological polar surface area (TPSA) is 83.2 Å². The van der Waals surface area contributed by atoms with E-state index in [-0.39, 0.29) is 17.9 Å². The van der Waals surface area contributed by atoms with Gasteiger partial charge in [-0.1, -0.05) is 35.3 Å². The maximum Gasteiger partial charge on any atom is 0.223 e. The summed E-state index contributed by atoms with van der Waals surface area (Å²) in [6.45, 7) is 3.37. The lowest BCUT2D eigenvalue weighted by Gasteiger charge is -2.33. The van der Waals surface area contributed by atoms with E-state index in [0.717, 1.165) is 54.9 Å². The Morgan fingerprint density at radius 3 is 2.56 bits per heavy atom. The highest BCUT2D eigenvalue weighted by Gasteiger charge is 2.29. The van der Waals surface area contributed by atoms with Crippen LogP contribution in [0, 0.1) is 17.2 Å². The summed E-state index contributed by atoms with van der Waals surface area (Å²) in [7, 11) is 0. The van der Waals surface area contributed by atoms with Gasteiger partial charge in [-0.3, -0.25) is 4.79 Å². The summed E-state index contributed by atoms with van der Waals surface area (Å²) in [5, 5.41) is 13.2. The molecule has 5 rings (SSSR count). The Morgan fingerprint density at radius 1 is 1.15 bits per heavy atom. The molecule has 2 saturated heterocycles.